The standard InChI is InChI=1S/C12H5N5O/c13-4-8(5-14)10(6-15)17-9-2-1-3-11-12(9)16-7-18-11/h1-3,7,17H. The summed E-state index contributed by atoms with van der Waals surface area (Å²) in [7, 11) is 0. The predicted molar refractivity (Wildman–Crippen MR) is 61.5 cm³/mol. The van der Waals surface area contributed by atoms with E-state index in [1.54, 1.807) is 36.4 Å². The van der Waals surface area contributed by atoms with Crippen LogP contribution in [0.25, 0.3) is 11.1 Å². The molecule has 0 spiro atoms. The lowest BCUT2D eigenvalue weighted by Gasteiger charge is -2.04. The van der Waals surface area contributed by atoms with Crippen LogP contribution in [0.15, 0.2) is 40.3 Å². The number of fused-ring (bicyclic) bond motifs is 1. The summed E-state index contributed by atoms with van der Waals surface area (Å²) in [6, 6.07) is 10.2. The van der Waals surface area contributed by atoms with Crippen LogP contribution in [-0.4, -0.2) is 4.98 Å². The van der Waals surface area contributed by atoms with Gasteiger partial charge in [-0.3, -0.25) is 0 Å². The molecule has 0 bridgehead atoms. The average Bonchev–Trinajstić information content (AvgIpc) is 2.88. The maximum absolute atomic E-state index is 8.93. The minimum atomic E-state index is -0.280. The number of rotatable bonds is 2. The summed E-state index contributed by atoms with van der Waals surface area (Å²) in [5.41, 5.74) is 1.18. The van der Waals surface area contributed by atoms with E-state index in [-0.39, 0.29) is 11.3 Å². The molecule has 0 atom stereocenters. The van der Waals surface area contributed by atoms with Crippen LogP contribution in [0.5, 0.6) is 0 Å². The first-order valence-electron chi connectivity index (χ1n) is 4.84. The second-order valence-corrected chi connectivity index (χ2v) is 3.22. The number of hydrogen-bond donors (Lipinski definition) is 1. The van der Waals surface area contributed by atoms with Gasteiger partial charge in [0.15, 0.2) is 17.5 Å². The summed E-state index contributed by atoms with van der Waals surface area (Å²) < 4.78 is 5.11. The van der Waals surface area contributed by atoms with Crippen molar-refractivity contribution in [3.63, 3.8) is 0 Å². The SMILES string of the molecule is N#CC(C#N)=C(C#N)Nc1cccc2ocnc12. The highest BCUT2D eigenvalue weighted by Crippen LogP contribution is 2.23. The Kier molecular flexibility index (Phi) is 2.92. The van der Waals surface area contributed by atoms with Gasteiger partial charge >= 0.3 is 0 Å². The van der Waals surface area contributed by atoms with Gasteiger partial charge in [0.2, 0.25) is 0 Å². The summed E-state index contributed by atoms with van der Waals surface area (Å²) in [4.78, 5) is 3.99. The molecule has 6 nitrogen and oxygen atoms in total. The molecule has 84 valence electrons. The lowest BCUT2D eigenvalue weighted by atomic mass is 10.2. The molecule has 0 aliphatic heterocycles. The zero-order chi connectivity index (χ0) is 13.0. The number of nitrogens with zero attached hydrogens (tertiary/aromatic N) is 4. The monoisotopic (exact) mass is 235 g/mol. The number of allylic oxidation sites excluding steroid dienone is 2. The third kappa shape index (κ3) is 1.84. The van der Waals surface area contributed by atoms with Gasteiger partial charge in [0.25, 0.3) is 0 Å². The molecular formula is C12H5N5O. The molecule has 0 fully saturated rings. The average molecular weight is 235 g/mol. The summed E-state index contributed by atoms with van der Waals surface area (Å²) in [5.74, 6) is 0. The number of nitrogens with one attached hydrogen (secondary N) is 1. The van der Waals surface area contributed by atoms with Crippen LogP contribution in [0.3, 0.4) is 0 Å². The second kappa shape index (κ2) is 4.69. The van der Waals surface area contributed by atoms with Crippen molar-refractivity contribution in [1.29, 1.82) is 15.8 Å². The Hall–Kier alpha value is -3.30. The van der Waals surface area contributed by atoms with Crippen molar-refractivity contribution >= 4 is 16.8 Å². The number of para-hydroxylation sites is 1. The van der Waals surface area contributed by atoms with Crippen LogP contribution in [0, 0.1) is 34.0 Å². The zero-order valence-corrected chi connectivity index (χ0v) is 9.01. The molecule has 0 amide bonds. The Balaban J connectivity index is 2.50. The summed E-state index contributed by atoms with van der Waals surface area (Å²) >= 11 is 0. The van der Waals surface area contributed by atoms with Gasteiger partial charge in [0.05, 0.1) is 5.69 Å². The fraction of sp³-hybridized carbons (Fsp3) is 0. The van der Waals surface area contributed by atoms with E-state index < -0.39 is 0 Å². The number of oxazole rings is 1. The van der Waals surface area contributed by atoms with E-state index in [1.165, 1.54) is 6.39 Å². The lowest BCUT2D eigenvalue weighted by molar-refractivity contribution is 0.602. The van der Waals surface area contributed by atoms with E-state index in [1.807, 2.05) is 0 Å². The Morgan fingerprint density at radius 3 is 2.61 bits per heavy atom. The Morgan fingerprint density at radius 2 is 1.94 bits per heavy atom. The Bertz CT molecular complexity index is 735. The first-order valence-corrected chi connectivity index (χ1v) is 4.84. The molecule has 0 aliphatic carbocycles. The minimum Gasteiger partial charge on any atom is -0.443 e. The van der Waals surface area contributed by atoms with Crippen LogP contribution in [0.4, 0.5) is 5.69 Å². The fourth-order valence-corrected chi connectivity index (χ4v) is 1.41. The van der Waals surface area contributed by atoms with Crippen molar-refractivity contribution in [2.24, 2.45) is 0 Å². The topological polar surface area (TPSA) is 109 Å². The molecule has 0 saturated carbocycles. The third-order valence-electron chi connectivity index (χ3n) is 2.21. The lowest BCUT2D eigenvalue weighted by Crippen LogP contribution is -2.01. The second-order valence-electron chi connectivity index (χ2n) is 3.22. The fourth-order valence-electron chi connectivity index (χ4n) is 1.41. The first-order chi connectivity index (χ1) is 8.80. The highest BCUT2D eigenvalue weighted by molar-refractivity contribution is 5.87. The number of nitriles is 3. The maximum atomic E-state index is 8.93. The van der Waals surface area contributed by atoms with Crippen molar-refractivity contribution in [2.45, 2.75) is 0 Å². The van der Waals surface area contributed by atoms with Gasteiger partial charge in [-0.15, -0.1) is 0 Å². The molecule has 18 heavy (non-hydrogen) atoms. The van der Waals surface area contributed by atoms with Gasteiger partial charge in [0, 0.05) is 0 Å². The van der Waals surface area contributed by atoms with E-state index in [0.29, 0.717) is 16.8 Å². The number of benzene rings is 1. The van der Waals surface area contributed by atoms with Crippen LogP contribution in [-0.2, 0) is 0 Å². The molecule has 6 heteroatoms. The van der Waals surface area contributed by atoms with Gasteiger partial charge in [0.1, 0.15) is 29.4 Å². The molecule has 1 aromatic carbocycles. The molecule has 0 radical (unpaired) electrons. The third-order valence-corrected chi connectivity index (χ3v) is 2.21. The zero-order valence-electron chi connectivity index (χ0n) is 9.01. The predicted octanol–water partition coefficient (Wildman–Crippen LogP) is 2.06. The molecule has 1 aromatic heterocycles. The summed E-state index contributed by atoms with van der Waals surface area (Å²) in [5, 5.41) is 29.1. The first kappa shape index (κ1) is 11.2. The number of anilines is 1. The van der Waals surface area contributed by atoms with Crippen molar-refractivity contribution < 1.29 is 4.42 Å². The van der Waals surface area contributed by atoms with E-state index in [0.717, 1.165) is 0 Å². The van der Waals surface area contributed by atoms with E-state index >= 15 is 0 Å². The molecular weight excluding hydrogens is 230 g/mol. The molecule has 1 heterocycles. The van der Waals surface area contributed by atoms with Crippen LogP contribution >= 0.6 is 0 Å². The Labute approximate surface area is 102 Å². The molecule has 0 aliphatic rings. The van der Waals surface area contributed by atoms with Crippen molar-refractivity contribution in [3.05, 3.63) is 35.9 Å². The minimum absolute atomic E-state index is 0.115. The molecule has 1 N–H and O–H groups in total. The molecule has 2 rings (SSSR count). The molecule has 0 unspecified atom stereocenters. The summed E-state index contributed by atoms with van der Waals surface area (Å²) in [6.07, 6.45) is 1.28. The van der Waals surface area contributed by atoms with Crippen molar-refractivity contribution in [2.75, 3.05) is 5.32 Å². The van der Waals surface area contributed by atoms with Crippen LogP contribution in [0.2, 0.25) is 0 Å². The van der Waals surface area contributed by atoms with Gasteiger partial charge < -0.3 is 9.73 Å². The van der Waals surface area contributed by atoms with Gasteiger partial charge in [-0.1, -0.05) is 6.07 Å². The number of hydrogen-bond acceptors (Lipinski definition) is 6. The van der Waals surface area contributed by atoms with Gasteiger partial charge in [-0.05, 0) is 12.1 Å². The van der Waals surface area contributed by atoms with Crippen molar-refractivity contribution in [1.82, 2.24) is 4.98 Å². The largest absolute Gasteiger partial charge is 0.443 e. The smallest absolute Gasteiger partial charge is 0.182 e. The molecule has 0 saturated heterocycles. The van der Waals surface area contributed by atoms with Gasteiger partial charge in [-0.2, -0.15) is 15.8 Å². The van der Waals surface area contributed by atoms with E-state index in [2.05, 4.69) is 10.3 Å². The highest BCUT2D eigenvalue weighted by atomic mass is 16.3. The van der Waals surface area contributed by atoms with Crippen molar-refractivity contribution in [3.8, 4) is 18.2 Å². The maximum Gasteiger partial charge on any atom is 0.182 e. The van der Waals surface area contributed by atoms with E-state index in [4.69, 9.17) is 20.2 Å². The van der Waals surface area contributed by atoms with Crippen LogP contribution < -0.4 is 5.32 Å². The molecule has 2 aromatic rings. The van der Waals surface area contributed by atoms with E-state index in [9.17, 15) is 0 Å². The quantitative estimate of drug-likeness (QED) is 0.797. The highest BCUT2D eigenvalue weighted by Gasteiger charge is 2.10. The van der Waals surface area contributed by atoms with Gasteiger partial charge in [-0.25, -0.2) is 4.98 Å². The van der Waals surface area contributed by atoms with Crippen LogP contribution in [0.1, 0.15) is 0 Å². The Morgan fingerprint density at radius 1 is 1.17 bits per heavy atom. The normalized spacial score (nSPS) is 8.94. The number of aromatic nitrogens is 1. The summed E-state index contributed by atoms with van der Waals surface area (Å²) in [6.45, 7) is 0.